The summed E-state index contributed by atoms with van der Waals surface area (Å²) >= 11 is 3.22. The highest BCUT2D eigenvalue weighted by Crippen LogP contribution is 2.16. The van der Waals surface area contributed by atoms with Crippen molar-refractivity contribution in [3.63, 3.8) is 0 Å². The first kappa shape index (κ1) is 17.1. The van der Waals surface area contributed by atoms with Gasteiger partial charge in [0.25, 0.3) is 0 Å². The maximum Gasteiger partial charge on any atom is 0.241 e. The maximum absolute atomic E-state index is 12.1. The fraction of sp³-hybridized carbons (Fsp3) is 0.462. The smallest absolute Gasteiger partial charge is 0.241 e. The van der Waals surface area contributed by atoms with Crippen LogP contribution >= 0.6 is 15.9 Å². The molecule has 1 rings (SSSR count). The molecule has 0 spiro atoms. The second kappa shape index (κ2) is 7.19. The molecule has 0 saturated heterocycles. The van der Waals surface area contributed by atoms with Crippen molar-refractivity contribution >= 4 is 31.9 Å². The lowest BCUT2D eigenvalue weighted by Crippen LogP contribution is -2.45. The quantitative estimate of drug-likeness (QED) is 0.811. The number of carbonyl (C=O) groups excluding carboxylic acids is 1. The number of amides is 1. The second-order valence-electron chi connectivity index (χ2n) is 4.94. The van der Waals surface area contributed by atoms with E-state index in [9.17, 15) is 13.2 Å². The molecule has 0 bridgehead atoms. The van der Waals surface area contributed by atoms with Crippen LogP contribution in [0.15, 0.2) is 33.6 Å². The van der Waals surface area contributed by atoms with Crippen molar-refractivity contribution in [2.45, 2.75) is 31.7 Å². The number of rotatable bonds is 6. The highest BCUT2D eigenvalue weighted by molar-refractivity contribution is 9.10. The Labute approximate surface area is 128 Å². The molecule has 0 aliphatic carbocycles. The van der Waals surface area contributed by atoms with Crippen LogP contribution in [-0.2, 0) is 14.8 Å². The number of hydrogen-bond donors (Lipinski definition) is 2. The molecule has 0 aliphatic rings. The minimum absolute atomic E-state index is 0.121. The first-order chi connectivity index (χ1) is 9.22. The molecule has 1 amide bonds. The molecule has 1 atom stereocenters. The lowest BCUT2D eigenvalue weighted by atomic mass is 10.2. The Hall–Kier alpha value is -0.920. The van der Waals surface area contributed by atoms with Gasteiger partial charge in [0, 0.05) is 11.0 Å². The van der Waals surface area contributed by atoms with Crippen molar-refractivity contribution in [1.29, 1.82) is 0 Å². The monoisotopic (exact) mass is 362 g/mol. The number of benzene rings is 1. The maximum atomic E-state index is 12.1. The van der Waals surface area contributed by atoms with Gasteiger partial charge in [0.05, 0.1) is 10.9 Å². The van der Waals surface area contributed by atoms with Crippen LogP contribution in [0.1, 0.15) is 20.8 Å². The molecule has 0 radical (unpaired) electrons. The first-order valence-corrected chi connectivity index (χ1v) is 8.55. The Morgan fingerprint density at radius 3 is 2.50 bits per heavy atom. The zero-order valence-corrected chi connectivity index (χ0v) is 14.1. The van der Waals surface area contributed by atoms with E-state index in [1.54, 1.807) is 12.1 Å². The second-order valence-corrected chi connectivity index (χ2v) is 7.57. The van der Waals surface area contributed by atoms with Gasteiger partial charge in [-0.1, -0.05) is 35.8 Å². The van der Waals surface area contributed by atoms with Gasteiger partial charge in [0.1, 0.15) is 0 Å². The van der Waals surface area contributed by atoms with Crippen LogP contribution in [0.3, 0.4) is 0 Å². The molecule has 0 fully saturated rings. The molecule has 5 nitrogen and oxygen atoms in total. The van der Waals surface area contributed by atoms with Gasteiger partial charge in [-0.15, -0.1) is 0 Å². The van der Waals surface area contributed by atoms with Crippen molar-refractivity contribution in [2.75, 3.05) is 6.54 Å². The molecule has 7 heteroatoms. The number of nitrogens with one attached hydrogen (secondary N) is 2. The van der Waals surface area contributed by atoms with Crippen LogP contribution < -0.4 is 10.0 Å². The van der Waals surface area contributed by atoms with Crippen LogP contribution in [-0.4, -0.2) is 26.9 Å². The summed E-state index contributed by atoms with van der Waals surface area (Å²) in [5, 5.41) is 2.69. The van der Waals surface area contributed by atoms with Crippen LogP contribution in [0.5, 0.6) is 0 Å². The summed E-state index contributed by atoms with van der Waals surface area (Å²) in [5.41, 5.74) is 0. The predicted octanol–water partition coefficient (Wildman–Crippen LogP) is 1.89. The topological polar surface area (TPSA) is 75.3 Å². The Morgan fingerprint density at radius 2 is 1.95 bits per heavy atom. The van der Waals surface area contributed by atoms with E-state index in [0.717, 1.165) is 0 Å². The van der Waals surface area contributed by atoms with E-state index in [0.29, 0.717) is 16.9 Å². The number of halogens is 1. The van der Waals surface area contributed by atoms with Gasteiger partial charge in [0.2, 0.25) is 15.9 Å². The van der Waals surface area contributed by atoms with E-state index in [4.69, 9.17) is 0 Å². The first-order valence-electron chi connectivity index (χ1n) is 6.28. The third kappa shape index (κ3) is 5.22. The fourth-order valence-electron chi connectivity index (χ4n) is 1.45. The van der Waals surface area contributed by atoms with E-state index >= 15 is 0 Å². The number of carbonyl (C=O) groups is 1. The Balaban J connectivity index is 2.73. The molecule has 0 heterocycles. The summed E-state index contributed by atoms with van der Waals surface area (Å²) in [5.74, 6) is -0.0230. The van der Waals surface area contributed by atoms with Crippen LogP contribution in [0.2, 0.25) is 0 Å². The summed E-state index contributed by atoms with van der Waals surface area (Å²) < 4.78 is 27.3. The van der Waals surface area contributed by atoms with Crippen molar-refractivity contribution in [3.05, 3.63) is 28.7 Å². The highest BCUT2D eigenvalue weighted by atomic mass is 79.9. The molecular weight excluding hydrogens is 344 g/mol. The lowest BCUT2D eigenvalue weighted by molar-refractivity contribution is -0.122. The van der Waals surface area contributed by atoms with E-state index in [1.807, 2.05) is 13.8 Å². The predicted molar refractivity (Wildman–Crippen MR) is 81.8 cm³/mol. The third-order valence-electron chi connectivity index (χ3n) is 2.52. The molecule has 2 N–H and O–H groups in total. The summed E-state index contributed by atoms with van der Waals surface area (Å²) in [6.45, 7) is 5.97. The van der Waals surface area contributed by atoms with E-state index in [-0.39, 0.29) is 10.8 Å². The molecule has 0 aromatic heterocycles. The minimum Gasteiger partial charge on any atom is -0.354 e. The van der Waals surface area contributed by atoms with Crippen molar-refractivity contribution < 1.29 is 13.2 Å². The minimum atomic E-state index is -3.71. The van der Waals surface area contributed by atoms with Gasteiger partial charge in [-0.05, 0) is 31.0 Å². The molecular formula is C13H19BrN2O3S. The molecule has 112 valence electrons. The summed E-state index contributed by atoms with van der Waals surface area (Å²) in [7, 11) is -3.71. The molecule has 1 aromatic carbocycles. The fourth-order valence-corrected chi connectivity index (χ4v) is 3.25. The van der Waals surface area contributed by atoms with Gasteiger partial charge in [-0.3, -0.25) is 4.79 Å². The summed E-state index contributed by atoms with van der Waals surface area (Å²) in [6.07, 6.45) is 0. The Morgan fingerprint density at radius 1 is 1.30 bits per heavy atom. The molecule has 0 saturated carbocycles. The molecule has 0 aliphatic heterocycles. The van der Waals surface area contributed by atoms with Gasteiger partial charge >= 0.3 is 0 Å². The normalized spacial score (nSPS) is 13.2. The van der Waals surface area contributed by atoms with E-state index < -0.39 is 16.1 Å². The largest absolute Gasteiger partial charge is 0.354 e. The SMILES string of the molecule is CC(C)CNC(=O)C(C)NS(=O)(=O)c1cccc(Br)c1. The van der Waals surface area contributed by atoms with Gasteiger partial charge in [-0.25, -0.2) is 8.42 Å². The Kier molecular flexibility index (Phi) is 6.16. The molecule has 20 heavy (non-hydrogen) atoms. The van der Waals surface area contributed by atoms with Gasteiger partial charge < -0.3 is 5.32 Å². The highest BCUT2D eigenvalue weighted by Gasteiger charge is 2.22. The molecule has 1 aromatic rings. The Bertz CT molecular complexity index is 573. The number of hydrogen-bond acceptors (Lipinski definition) is 3. The average Bonchev–Trinajstić information content (AvgIpc) is 2.35. The third-order valence-corrected chi connectivity index (χ3v) is 4.55. The van der Waals surface area contributed by atoms with Crippen molar-refractivity contribution in [1.82, 2.24) is 10.0 Å². The van der Waals surface area contributed by atoms with Crippen molar-refractivity contribution in [2.24, 2.45) is 5.92 Å². The van der Waals surface area contributed by atoms with Gasteiger partial charge in [0.15, 0.2) is 0 Å². The standard InChI is InChI=1S/C13H19BrN2O3S/c1-9(2)8-15-13(17)10(3)16-20(18,19)12-6-4-5-11(14)7-12/h4-7,9-10,16H,8H2,1-3H3,(H,15,17). The zero-order valence-electron chi connectivity index (χ0n) is 11.7. The summed E-state index contributed by atoms with van der Waals surface area (Å²) in [4.78, 5) is 11.9. The van der Waals surface area contributed by atoms with E-state index in [1.165, 1.54) is 19.1 Å². The van der Waals surface area contributed by atoms with Crippen LogP contribution in [0.4, 0.5) is 0 Å². The van der Waals surface area contributed by atoms with Crippen LogP contribution in [0.25, 0.3) is 0 Å². The zero-order chi connectivity index (χ0) is 15.3. The lowest BCUT2D eigenvalue weighted by Gasteiger charge is -2.15. The van der Waals surface area contributed by atoms with E-state index in [2.05, 4.69) is 26.0 Å². The average molecular weight is 363 g/mol. The van der Waals surface area contributed by atoms with Crippen molar-refractivity contribution in [3.8, 4) is 0 Å². The molecule has 1 unspecified atom stereocenters. The van der Waals surface area contributed by atoms with Gasteiger partial charge in [-0.2, -0.15) is 4.72 Å². The van der Waals surface area contributed by atoms with Crippen LogP contribution in [0, 0.1) is 5.92 Å². The number of sulfonamides is 1. The summed E-state index contributed by atoms with van der Waals surface area (Å²) in [6, 6.07) is 5.50.